The molecule has 0 radical (unpaired) electrons. The fourth-order valence-electron chi connectivity index (χ4n) is 4.97. The molecule has 0 saturated carbocycles. The van der Waals surface area contributed by atoms with Gasteiger partial charge in [-0.3, -0.25) is 14.2 Å². The van der Waals surface area contributed by atoms with Gasteiger partial charge in [-0.1, -0.05) is 101 Å². The summed E-state index contributed by atoms with van der Waals surface area (Å²) in [7, 11) is -3.84. The number of rotatable bonds is 31. The van der Waals surface area contributed by atoms with E-state index in [2.05, 4.69) is 36.5 Å². The first kappa shape index (κ1) is 40.3. The SMILES string of the molecule is O=C(O)CCCCCCCC=CCCCCCCC(CCCCCCC=CCC=CCCCCCP(=O)(O)O)C(=O)O. The highest BCUT2D eigenvalue weighted by Crippen LogP contribution is 2.35. The molecule has 1 atom stereocenters. The Morgan fingerprint density at radius 2 is 0.905 bits per heavy atom. The quantitative estimate of drug-likeness (QED) is 0.0348. The fourth-order valence-corrected chi connectivity index (χ4v) is 5.61. The van der Waals surface area contributed by atoms with Gasteiger partial charge in [0.1, 0.15) is 0 Å². The predicted octanol–water partition coefficient (Wildman–Crippen LogP) is 9.98. The van der Waals surface area contributed by atoms with E-state index in [1.807, 2.05) is 0 Å². The first-order valence-electron chi connectivity index (χ1n) is 16.7. The summed E-state index contributed by atoms with van der Waals surface area (Å²) in [6.45, 7) is 0. The average molecular weight is 613 g/mol. The van der Waals surface area contributed by atoms with Crippen molar-refractivity contribution in [1.29, 1.82) is 0 Å². The molecule has 0 aliphatic carbocycles. The molecule has 42 heavy (non-hydrogen) atoms. The van der Waals surface area contributed by atoms with Crippen LogP contribution in [-0.2, 0) is 14.2 Å². The van der Waals surface area contributed by atoms with Crippen LogP contribution in [0.25, 0.3) is 0 Å². The monoisotopic (exact) mass is 612 g/mol. The van der Waals surface area contributed by atoms with Crippen LogP contribution in [0.2, 0.25) is 0 Å². The van der Waals surface area contributed by atoms with E-state index in [1.165, 1.54) is 12.8 Å². The Labute approximate surface area is 256 Å². The number of aliphatic carboxylic acids is 2. The van der Waals surface area contributed by atoms with Crippen molar-refractivity contribution in [2.24, 2.45) is 5.92 Å². The summed E-state index contributed by atoms with van der Waals surface area (Å²) < 4.78 is 10.8. The molecule has 0 heterocycles. The number of hydrogen-bond acceptors (Lipinski definition) is 3. The van der Waals surface area contributed by atoms with Gasteiger partial charge in [0.2, 0.25) is 0 Å². The van der Waals surface area contributed by atoms with E-state index in [9.17, 15) is 19.3 Å². The number of unbranched alkanes of at least 4 members (excludes halogenated alkanes) is 16. The highest BCUT2D eigenvalue weighted by atomic mass is 31.2. The van der Waals surface area contributed by atoms with Crippen LogP contribution in [0.4, 0.5) is 0 Å². The molecule has 0 aromatic carbocycles. The summed E-state index contributed by atoms with van der Waals surface area (Å²) in [6.07, 6.45) is 36.6. The van der Waals surface area contributed by atoms with Crippen LogP contribution in [0.3, 0.4) is 0 Å². The Balaban J connectivity index is 3.58. The summed E-state index contributed by atoms with van der Waals surface area (Å²) in [5, 5.41) is 18.2. The van der Waals surface area contributed by atoms with E-state index in [4.69, 9.17) is 14.9 Å². The van der Waals surface area contributed by atoms with Crippen molar-refractivity contribution in [3.63, 3.8) is 0 Å². The smallest absolute Gasteiger partial charge is 0.325 e. The van der Waals surface area contributed by atoms with Crippen molar-refractivity contribution in [1.82, 2.24) is 0 Å². The van der Waals surface area contributed by atoms with Crippen LogP contribution < -0.4 is 0 Å². The first-order chi connectivity index (χ1) is 20.2. The Morgan fingerprint density at radius 3 is 1.33 bits per heavy atom. The minimum atomic E-state index is -3.84. The lowest BCUT2D eigenvalue weighted by Gasteiger charge is -2.12. The van der Waals surface area contributed by atoms with Crippen molar-refractivity contribution < 1.29 is 34.2 Å². The zero-order valence-corrected chi connectivity index (χ0v) is 27.1. The molecule has 0 aliphatic rings. The van der Waals surface area contributed by atoms with Gasteiger partial charge in [0.05, 0.1) is 5.92 Å². The zero-order valence-electron chi connectivity index (χ0n) is 26.2. The first-order valence-corrected chi connectivity index (χ1v) is 18.5. The molecular weight excluding hydrogens is 551 g/mol. The molecule has 8 heteroatoms. The lowest BCUT2D eigenvalue weighted by Crippen LogP contribution is -2.13. The van der Waals surface area contributed by atoms with Crippen LogP contribution >= 0.6 is 7.60 Å². The van der Waals surface area contributed by atoms with Crippen molar-refractivity contribution in [3.8, 4) is 0 Å². The number of carboxylic acids is 2. The molecule has 4 N–H and O–H groups in total. The van der Waals surface area contributed by atoms with Crippen molar-refractivity contribution in [2.45, 2.75) is 154 Å². The van der Waals surface area contributed by atoms with E-state index in [0.717, 1.165) is 128 Å². The van der Waals surface area contributed by atoms with Gasteiger partial charge in [-0.2, -0.15) is 0 Å². The third-order valence-corrected chi connectivity index (χ3v) is 8.45. The topological polar surface area (TPSA) is 132 Å². The van der Waals surface area contributed by atoms with Crippen LogP contribution in [0.1, 0.15) is 154 Å². The summed E-state index contributed by atoms with van der Waals surface area (Å²) in [5.74, 6) is -1.54. The molecule has 0 rings (SSSR count). The van der Waals surface area contributed by atoms with Gasteiger partial charge in [-0.15, -0.1) is 0 Å². The largest absolute Gasteiger partial charge is 0.481 e. The molecule has 0 spiro atoms. The molecule has 0 fully saturated rings. The van der Waals surface area contributed by atoms with Gasteiger partial charge in [0.15, 0.2) is 0 Å². The van der Waals surface area contributed by atoms with Crippen LogP contribution in [0.15, 0.2) is 36.5 Å². The van der Waals surface area contributed by atoms with E-state index < -0.39 is 19.5 Å². The summed E-state index contributed by atoms with van der Waals surface area (Å²) in [5.41, 5.74) is 0. The molecule has 0 aromatic heterocycles. The van der Waals surface area contributed by atoms with Crippen LogP contribution in [-0.4, -0.2) is 38.1 Å². The minimum absolute atomic E-state index is 0.0109. The van der Waals surface area contributed by atoms with E-state index in [1.54, 1.807) is 0 Å². The number of hydrogen-bond donors (Lipinski definition) is 4. The lowest BCUT2D eigenvalue weighted by atomic mass is 9.94. The van der Waals surface area contributed by atoms with Gasteiger partial charge in [0, 0.05) is 12.6 Å². The highest BCUT2D eigenvalue weighted by Gasteiger charge is 2.16. The Kier molecular flexibility index (Phi) is 28.2. The molecule has 1 unspecified atom stereocenters. The Bertz CT molecular complexity index is 785. The Hall–Kier alpha value is -1.69. The molecule has 244 valence electrons. The third kappa shape index (κ3) is 32.8. The van der Waals surface area contributed by atoms with Crippen molar-refractivity contribution in [3.05, 3.63) is 36.5 Å². The van der Waals surface area contributed by atoms with E-state index >= 15 is 0 Å². The molecular formula is C34H61O7P. The van der Waals surface area contributed by atoms with E-state index in [0.29, 0.717) is 6.42 Å². The molecule has 0 amide bonds. The molecule has 7 nitrogen and oxygen atoms in total. The fraction of sp³-hybridized carbons (Fsp3) is 0.765. The zero-order chi connectivity index (χ0) is 31.2. The standard InChI is InChI=1S/C34H61O7P/c35-33(36)30-26-22-18-14-10-6-3-5-9-13-17-21-25-29-32(34(37)38)28-24-20-16-12-8-4-1-2-7-11-15-19-23-27-31-42(39,40)41/h1,3-5,7,11,32H,2,6,8-10,12-31H2,(H,35,36)(H,37,38)(H2,39,40,41). The third-order valence-electron chi connectivity index (χ3n) is 7.55. The summed E-state index contributed by atoms with van der Waals surface area (Å²) in [6, 6.07) is 0. The number of carbonyl (C=O) groups is 2. The molecule has 0 aliphatic heterocycles. The van der Waals surface area contributed by atoms with Gasteiger partial charge >= 0.3 is 19.5 Å². The highest BCUT2D eigenvalue weighted by molar-refractivity contribution is 7.51. The predicted molar refractivity (Wildman–Crippen MR) is 174 cm³/mol. The van der Waals surface area contributed by atoms with Crippen LogP contribution in [0.5, 0.6) is 0 Å². The van der Waals surface area contributed by atoms with Crippen LogP contribution in [0, 0.1) is 5.92 Å². The number of allylic oxidation sites excluding steroid dienone is 6. The maximum atomic E-state index is 11.6. The minimum Gasteiger partial charge on any atom is -0.481 e. The van der Waals surface area contributed by atoms with E-state index in [-0.39, 0.29) is 18.5 Å². The van der Waals surface area contributed by atoms with Gasteiger partial charge in [0.25, 0.3) is 0 Å². The second-order valence-corrected chi connectivity index (χ2v) is 13.4. The number of carboxylic acid groups (broad SMARTS) is 2. The van der Waals surface area contributed by atoms with Crippen molar-refractivity contribution in [2.75, 3.05) is 6.16 Å². The Morgan fingerprint density at radius 1 is 0.524 bits per heavy atom. The van der Waals surface area contributed by atoms with Gasteiger partial charge in [-0.05, 0) is 83.5 Å². The second-order valence-electron chi connectivity index (χ2n) is 11.6. The lowest BCUT2D eigenvalue weighted by molar-refractivity contribution is -0.142. The molecule has 0 saturated heterocycles. The second kappa shape index (κ2) is 29.4. The maximum Gasteiger partial charge on any atom is 0.325 e. The molecule has 0 aromatic rings. The van der Waals surface area contributed by atoms with Gasteiger partial charge in [-0.25, -0.2) is 0 Å². The maximum absolute atomic E-state index is 11.6. The normalized spacial score (nSPS) is 13.1. The van der Waals surface area contributed by atoms with Crippen molar-refractivity contribution >= 4 is 19.5 Å². The summed E-state index contributed by atoms with van der Waals surface area (Å²) >= 11 is 0. The summed E-state index contributed by atoms with van der Waals surface area (Å²) in [4.78, 5) is 39.7. The van der Waals surface area contributed by atoms with Gasteiger partial charge < -0.3 is 20.0 Å². The average Bonchev–Trinajstić information content (AvgIpc) is 2.92. The molecule has 0 bridgehead atoms.